The number of nitrogens with zero attached hydrogens (tertiary/aromatic N) is 2. The molecule has 8 heteroatoms. The average Bonchev–Trinajstić information content (AvgIpc) is 3.04. The Kier molecular flexibility index (Phi) is 6.83. The van der Waals surface area contributed by atoms with Crippen molar-refractivity contribution >= 4 is 38.3 Å². The largest absolute Gasteiger partial charge is 0.480 e. The number of halogens is 2. The van der Waals surface area contributed by atoms with Crippen LogP contribution in [0.4, 0.5) is 9.52 Å². The summed E-state index contributed by atoms with van der Waals surface area (Å²) < 4.78 is 19.2. The Morgan fingerprint density at radius 1 is 1.56 bits per heavy atom. The lowest BCUT2D eigenvalue weighted by Gasteiger charge is -2.30. The number of carbonyl (C=O) groups excluding carboxylic acids is 1. The third kappa shape index (κ3) is 5.73. The van der Waals surface area contributed by atoms with Crippen molar-refractivity contribution in [3.63, 3.8) is 0 Å². The molecule has 1 aliphatic heterocycles. The van der Waals surface area contributed by atoms with E-state index in [0.29, 0.717) is 15.4 Å². The van der Waals surface area contributed by atoms with Crippen molar-refractivity contribution in [2.45, 2.75) is 39.3 Å². The van der Waals surface area contributed by atoms with Gasteiger partial charge in [0.05, 0.1) is 10.2 Å². The summed E-state index contributed by atoms with van der Waals surface area (Å²) in [7, 11) is 0. The number of ether oxygens (including phenoxy) is 1. The molecule has 0 spiro atoms. The fourth-order valence-electron chi connectivity index (χ4n) is 3.12. The number of nitrogens with one attached hydrogen (secondary N) is 1. The first-order valence-electron chi connectivity index (χ1n) is 9.00. The van der Waals surface area contributed by atoms with Gasteiger partial charge in [0.1, 0.15) is 11.6 Å². The van der Waals surface area contributed by atoms with E-state index in [1.165, 1.54) is 42.4 Å². The Labute approximate surface area is 171 Å². The lowest BCUT2D eigenvalue weighted by molar-refractivity contribution is -0.122. The van der Waals surface area contributed by atoms with Gasteiger partial charge in [0.2, 0.25) is 0 Å². The van der Waals surface area contributed by atoms with Crippen LogP contribution in [0.5, 0.6) is 5.75 Å². The molecular formula is C19H23BrFN3O2S. The van der Waals surface area contributed by atoms with Crippen LogP contribution in [0.15, 0.2) is 28.1 Å². The van der Waals surface area contributed by atoms with E-state index in [1.54, 1.807) is 6.92 Å². The molecule has 0 saturated carbocycles. The fourth-order valence-corrected chi connectivity index (χ4v) is 4.27. The van der Waals surface area contributed by atoms with Crippen molar-refractivity contribution in [3.05, 3.63) is 39.6 Å². The number of carbonyl (C=O) groups is 1. The van der Waals surface area contributed by atoms with Gasteiger partial charge in [-0.2, -0.15) is 0 Å². The molecule has 0 bridgehead atoms. The summed E-state index contributed by atoms with van der Waals surface area (Å²) >= 11 is 4.65. The van der Waals surface area contributed by atoms with Gasteiger partial charge < -0.3 is 4.74 Å². The van der Waals surface area contributed by atoms with Crippen molar-refractivity contribution in [1.29, 1.82) is 0 Å². The van der Waals surface area contributed by atoms with E-state index in [1.807, 2.05) is 5.38 Å². The maximum absolute atomic E-state index is 13.1. The third-order valence-corrected chi connectivity index (χ3v) is 5.90. The van der Waals surface area contributed by atoms with E-state index in [9.17, 15) is 9.18 Å². The fraction of sp³-hybridized carbons (Fsp3) is 0.474. The van der Waals surface area contributed by atoms with Crippen molar-refractivity contribution in [2.75, 3.05) is 18.4 Å². The number of likely N-dealkylation sites (tertiary alicyclic amines) is 1. The molecule has 1 amide bonds. The zero-order valence-electron chi connectivity index (χ0n) is 15.4. The number of anilines is 1. The number of aromatic nitrogens is 1. The summed E-state index contributed by atoms with van der Waals surface area (Å²) in [6.07, 6.45) is 1.78. The van der Waals surface area contributed by atoms with E-state index in [0.717, 1.165) is 31.2 Å². The summed E-state index contributed by atoms with van der Waals surface area (Å²) in [5.74, 6) is 0.474. The van der Waals surface area contributed by atoms with E-state index in [-0.39, 0.29) is 11.7 Å². The number of rotatable bonds is 6. The van der Waals surface area contributed by atoms with E-state index >= 15 is 0 Å². The van der Waals surface area contributed by atoms with E-state index < -0.39 is 6.10 Å². The minimum atomic E-state index is -0.734. The van der Waals surface area contributed by atoms with E-state index in [2.05, 4.69) is 38.1 Å². The van der Waals surface area contributed by atoms with Crippen LogP contribution >= 0.6 is 27.3 Å². The zero-order chi connectivity index (χ0) is 19.4. The normalized spacial score (nSPS) is 18.9. The lowest BCUT2D eigenvalue weighted by atomic mass is 10.0. The number of hydrogen-bond acceptors (Lipinski definition) is 5. The summed E-state index contributed by atoms with van der Waals surface area (Å²) in [6.45, 7) is 6.93. The van der Waals surface area contributed by atoms with Crippen LogP contribution in [0.2, 0.25) is 0 Å². The van der Waals surface area contributed by atoms with Gasteiger partial charge in [-0.1, -0.05) is 6.92 Å². The SMILES string of the molecule is CC1CCCN(Cc2csc(NC(=O)C(C)Oc3ccc(F)cc3Br)n2)C1. The first-order chi connectivity index (χ1) is 12.9. The zero-order valence-corrected chi connectivity index (χ0v) is 17.8. The van der Waals surface area contributed by atoms with Crippen LogP contribution in [0.1, 0.15) is 32.4 Å². The molecule has 0 aliphatic carbocycles. The Balaban J connectivity index is 1.53. The highest BCUT2D eigenvalue weighted by molar-refractivity contribution is 9.10. The average molecular weight is 456 g/mol. The third-order valence-electron chi connectivity index (χ3n) is 4.48. The smallest absolute Gasteiger partial charge is 0.266 e. The number of piperidine rings is 1. The molecular weight excluding hydrogens is 433 g/mol. The predicted octanol–water partition coefficient (Wildman–Crippen LogP) is 4.68. The Morgan fingerprint density at radius 2 is 2.37 bits per heavy atom. The van der Waals surface area contributed by atoms with Gasteiger partial charge in [-0.05, 0) is 66.4 Å². The minimum absolute atomic E-state index is 0.293. The quantitative estimate of drug-likeness (QED) is 0.686. The molecule has 2 atom stereocenters. The first kappa shape index (κ1) is 20.2. The van der Waals surface area contributed by atoms with Crippen molar-refractivity contribution in [2.24, 2.45) is 5.92 Å². The molecule has 1 saturated heterocycles. The monoisotopic (exact) mass is 455 g/mol. The van der Waals surface area contributed by atoms with Crippen LogP contribution in [0, 0.1) is 11.7 Å². The highest BCUT2D eigenvalue weighted by atomic mass is 79.9. The van der Waals surface area contributed by atoms with Crippen molar-refractivity contribution < 1.29 is 13.9 Å². The van der Waals surface area contributed by atoms with Gasteiger partial charge in [0.15, 0.2) is 11.2 Å². The van der Waals surface area contributed by atoms with Crippen LogP contribution in [-0.4, -0.2) is 35.0 Å². The molecule has 0 radical (unpaired) electrons. The van der Waals surface area contributed by atoms with Gasteiger partial charge in [-0.3, -0.25) is 15.0 Å². The minimum Gasteiger partial charge on any atom is -0.480 e. The summed E-state index contributed by atoms with van der Waals surface area (Å²) in [5.41, 5.74) is 0.972. The molecule has 1 aliphatic rings. The van der Waals surface area contributed by atoms with Crippen LogP contribution in [0.3, 0.4) is 0 Å². The highest BCUT2D eigenvalue weighted by Gasteiger charge is 2.20. The molecule has 3 rings (SSSR count). The molecule has 1 aromatic heterocycles. The van der Waals surface area contributed by atoms with Gasteiger partial charge in [-0.15, -0.1) is 11.3 Å². The van der Waals surface area contributed by atoms with Gasteiger partial charge >= 0.3 is 0 Å². The second kappa shape index (κ2) is 9.12. The number of amides is 1. The lowest BCUT2D eigenvalue weighted by Crippen LogP contribution is -2.33. The molecule has 2 unspecified atom stereocenters. The highest BCUT2D eigenvalue weighted by Crippen LogP contribution is 2.27. The molecule has 1 aromatic carbocycles. The summed E-state index contributed by atoms with van der Waals surface area (Å²) in [5, 5.41) is 5.34. The second-order valence-corrected chi connectivity index (χ2v) is 8.66. The van der Waals surface area contributed by atoms with Gasteiger partial charge in [0.25, 0.3) is 5.91 Å². The van der Waals surface area contributed by atoms with E-state index in [4.69, 9.17) is 4.74 Å². The maximum atomic E-state index is 13.1. The predicted molar refractivity (Wildman–Crippen MR) is 109 cm³/mol. The molecule has 1 fully saturated rings. The molecule has 27 heavy (non-hydrogen) atoms. The molecule has 2 heterocycles. The van der Waals surface area contributed by atoms with Gasteiger partial charge in [-0.25, -0.2) is 9.37 Å². The number of benzene rings is 1. The topological polar surface area (TPSA) is 54.5 Å². The number of thiazole rings is 1. The summed E-state index contributed by atoms with van der Waals surface area (Å²) in [6, 6.07) is 4.08. The molecule has 146 valence electrons. The number of hydrogen-bond donors (Lipinski definition) is 1. The van der Waals surface area contributed by atoms with Gasteiger partial charge in [0, 0.05) is 18.5 Å². The summed E-state index contributed by atoms with van der Waals surface area (Å²) in [4.78, 5) is 19.3. The van der Waals surface area contributed by atoms with Crippen LogP contribution in [0.25, 0.3) is 0 Å². The standard InChI is InChI=1S/C19H23BrFN3O2S/c1-12-4-3-7-24(9-12)10-15-11-27-19(22-15)23-18(25)13(2)26-17-6-5-14(21)8-16(17)20/h5-6,8,11-13H,3-4,7,9-10H2,1-2H3,(H,22,23,25). The second-order valence-electron chi connectivity index (χ2n) is 6.95. The first-order valence-corrected chi connectivity index (χ1v) is 10.7. The van der Waals surface area contributed by atoms with Crippen molar-refractivity contribution in [3.8, 4) is 5.75 Å². The van der Waals surface area contributed by atoms with Crippen molar-refractivity contribution in [1.82, 2.24) is 9.88 Å². The Hall–Kier alpha value is -1.51. The molecule has 5 nitrogen and oxygen atoms in total. The molecule has 1 N–H and O–H groups in total. The Bertz CT molecular complexity index is 801. The molecule has 2 aromatic rings. The van der Waals surface area contributed by atoms with Crippen LogP contribution in [-0.2, 0) is 11.3 Å². The van der Waals surface area contributed by atoms with Crippen LogP contribution < -0.4 is 10.1 Å². The Morgan fingerprint density at radius 3 is 3.11 bits per heavy atom. The maximum Gasteiger partial charge on any atom is 0.266 e.